The van der Waals surface area contributed by atoms with Gasteiger partial charge in [-0.15, -0.1) is 0 Å². The van der Waals surface area contributed by atoms with Crippen molar-refractivity contribution in [3.63, 3.8) is 0 Å². The minimum absolute atomic E-state index is 0.0521. The molecule has 3 saturated heterocycles. The third-order valence-corrected chi connectivity index (χ3v) is 19.9. The number of hydrogen-bond acceptors (Lipinski definition) is 28. The van der Waals surface area contributed by atoms with Gasteiger partial charge in [0.25, 0.3) is 5.91 Å². The first-order chi connectivity index (χ1) is 47.3. The number of rotatable bonds is 24. The largest absolute Gasteiger partial charge is 0.461 e. The minimum Gasteiger partial charge on any atom is -0.461 e. The van der Waals surface area contributed by atoms with Crippen molar-refractivity contribution in [1.29, 1.82) is 0 Å². The number of Topliss-reactive ketones (excluding diaryl/α,β-unsaturated/α-hetero) is 1. The number of nitrogens with one attached hydrogen (secondary N) is 3. The van der Waals surface area contributed by atoms with Crippen LogP contribution in [0.5, 0.6) is 0 Å². The van der Waals surface area contributed by atoms with Crippen LogP contribution in [0, 0.1) is 16.7 Å². The molecule has 3 aliphatic carbocycles. The third kappa shape index (κ3) is 15.4. The highest BCUT2D eigenvalue weighted by molar-refractivity contribution is 5.97. The third-order valence-electron chi connectivity index (χ3n) is 19.9. The fourth-order valence-corrected chi connectivity index (χ4v) is 14.5. The van der Waals surface area contributed by atoms with Crippen molar-refractivity contribution in [3.8, 4) is 0 Å². The summed E-state index contributed by atoms with van der Waals surface area (Å²) < 4.78 is 54.6. The number of aliphatic hydroxyl groups excluding tert-OH is 8. The van der Waals surface area contributed by atoms with Gasteiger partial charge >= 0.3 is 35.8 Å². The van der Waals surface area contributed by atoms with Gasteiger partial charge in [-0.3, -0.25) is 38.4 Å². The van der Waals surface area contributed by atoms with Crippen LogP contribution in [0.1, 0.15) is 125 Å². The number of carbonyl (C=O) groups excluding carboxylic acids is 10. The van der Waals surface area contributed by atoms with Gasteiger partial charge in [0.05, 0.1) is 36.7 Å². The maximum absolute atomic E-state index is 16.6. The highest BCUT2D eigenvalue weighted by Gasteiger charge is 2.79. The Bertz CT molecular complexity index is 3540. The zero-order chi connectivity index (χ0) is 72.9. The summed E-state index contributed by atoms with van der Waals surface area (Å²) in [6.45, 7) is 5.52. The van der Waals surface area contributed by atoms with Gasteiger partial charge in [0.15, 0.2) is 29.9 Å². The van der Waals surface area contributed by atoms with Crippen LogP contribution in [0.4, 0.5) is 0 Å². The number of ether oxygens (including phenoxy) is 9. The summed E-state index contributed by atoms with van der Waals surface area (Å²) in [5, 5.41) is 103. The Kier molecular flexibility index (Phi) is 23.8. The first-order valence-electron chi connectivity index (χ1n) is 32.8. The van der Waals surface area contributed by atoms with Crippen molar-refractivity contribution in [2.45, 2.75) is 208 Å². The first kappa shape index (κ1) is 76.0. The van der Waals surface area contributed by atoms with Crippen LogP contribution in [0.2, 0.25) is 0 Å². The molecule has 0 radical (unpaired) electrons. The highest BCUT2D eigenvalue weighted by Crippen LogP contribution is 2.65. The molecule has 2 saturated carbocycles. The minimum atomic E-state index is -2.72. The van der Waals surface area contributed by atoms with Crippen LogP contribution in [0.3, 0.4) is 0 Å². The number of hydrogen-bond donors (Lipinski definition) is 12. The number of benzene rings is 3. The fraction of sp³-hybridized carbons (Fsp3) is 0.565. The summed E-state index contributed by atoms with van der Waals surface area (Å²) in [7, 11) is 0. The van der Waals surface area contributed by atoms with E-state index in [1.807, 2.05) is 0 Å². The molecule has 2 unspecified atom stereocenters. The van der Waals surface area contributed by atoms with E-state index in [4.69, 9.17) is 42.6 Å². The van der Waals surface area contributed by atoms with Crippen LogP contribution < -0.4 is 16.0 Å². The molecular formula is C69H85N3O28. The topological polar surface area (TPSA) is 472 Å². The second-order valence-corrected chi connectivity index (χ2v) is 26.6. The van der Waals surface area contributed by atoms with E-state index in [0.29, 0.717) is 0 Å². The molecule has 31 nitrogen and oxygen atoms in total. The van der Waals surface area contributed by atoms with Gasteiger partial charge in [0.1, 0.15) is 84.9 Å². The average molecular weight is 1400 g/mol. The zero-order valence-corrected chi connectivity index (χ0v) is 55.6. The number of amides is 3. The van der Waals surface area contributed by atoms with E-state index >= 15 is 9.59 Å². The van der Waals surface area contributed by atoms with E-state index in [-0.39, 0.29) is 40.7 Å². The van der Waals surface area contributed by atoms with Crippen molar-refractivity contribution in [2.75, 3.05) is 19.8 Å². The lowest BCUT2D eigenvalue weighted by Gasteiger charge is -2.67. The Morgan fingerprint density at radius 1 is 0.630 bits per heavy atom. The molecule has 12 N–H and O–H groups in total. The van der Waals surface area contributed by atoms with Crippen molar-refractivity contribution in [2.24, 2.45) is 16.7 Å². The van der Waals surface area contributed by atoms with Gasteiger partial charge < -0.3 is 105 Å². The first-order valence-corrected chi connectivity index (χ1v) is 32.8. The lowest BCUT2D eigenvalue weighted by Crippen LogP contribution is -2.82. The molecule has 5 fully saturated rings. The van der Waals surface area contributed by atoms with Crippen LogP contribution >= 0.6 is 0 Å². The fourth-order valence-electron chi connectivity index (χ4n) is 14.5. The standard InChI is InChI=1S/C69H85N3O28/c1-33-39(96-65(90)57(49(36-18-10-7-11-19-36)72-61(88)37-20-12-8-13-21-37)98-47(80)27-17-25-45(78)71-63-55(86)53(84)51(82)41(31-74)95-63)29-69(91)60(99-64(89)38-22-14-9-15-23-38)58-67(6,59(87)56(93-34(2)75)48(33)66(69,4)5)42(28-43-68(58,32-92-43)100-35(3)76)97-46(79)26-16-24-44(77)70-62-54(85)52(83)50(81)40(30-73)94-62/h7-15,18-23,39-43,49-58,60,62-63,73-74,81-86,91H,16-17,24-32H2,1-6H3,(H,70,77)(H,71,78)(H,72,88)/t39-,40+,41+,42-,43+,49-,50+,51+,52-,53-,54+,55+,56+,57+,58?,60?,62+,63+,67+,68-,69+/m0/s1. The molecule has 6 aliphatic rings. The van der Waals surface area contributed by atoms with E-state index in [2.05, 4.69) is 16.0 Å². The molecule has 31 heteroatoms. The summed E-state index contributed by atoms with van der Waals surface area (Å²) in [5.74, 6) is -12.1. The molecular weight excluding hydrogens is 1320 g/mol. The highest BCUT2D eigenvalue weighted by atomic mass is 16.6. The molecule has 21 atom stereocenters. The van der Waals surface area contributed by atoms with Crippen molar-refractivity contribution >= 4 is 59.3 Å². The molecule has 0 spiro atoms. The molecule has 3 heterocycles. The van der Waals surface area contributed by atoms with Crippen molar-refractivity contribution in [1.82, 2.24) is 16.0 Å². The Hall–Kier alpha value is -8.18. The van der Waals surface area contributed by atoms with E-state index in [9.17, 15) is 84.3 Å². The molecule has 2 bridgehead atoms. The summed E-state index contributed by atoms with van der Waals surface area (Å²) in [6.07, 6.45) is -31.8. The van der Waals surface area contributed by atoms with E-state index in [1.165, 1.54) is 76.2 Å². The summed E-state index contributed by atoms with van der Waals surface area (Å²) in [5.41, 5.74) is -9.25. The molecule has 9 rings (SSSR count). The van der Waals surface area contributed by atoms with Crippen LogP contribution in [-0.4, -0.2) is 234 Å². The smallest absolute Gasteiger partial charge is 0.350 e. The quantitative estimate of drug-likeness (QED) is 0.0291. The molecule has 100 heavy (non-hydrogen) atoms. The normalized spacial score (nSPS) is 33.3. The summed E-state index contributed by atoms with van der Waals surface area (Å²) in [6, 6.07) is 21.2. The van der Waals surface area contributed by atoms with Gasteiger partial charge in [-0.1, -0.05) is 80.6 Å². The maximum atomic E-state index is 16.6. The number of carbonyl (C=O) groups is 10. The molecule has 3 aliphatic heterocycles. The lowest BCUT2D eigenvalue weighted by atomic mass is 9.44. The monoisotopic (exact) mass is 1400 g/mol. The van der Waals surface area contributed by atoms with Crippen molar-refractivity contribution in [3.05, 3.63) is 119 Å². The molecule has 0 aromatic heterocycles. The van der Waals surface area contributed by atoms with Gasteiger partial charge in [-0.05, 0) is 67.7 Å². The van der Waals surface area contributed by atoms with Gasteiger partial charge in [0.2, 0.25) is 17.9 Å². The predicted molar refractivity (Wildman–Crippen MR) is 337 cm³/mol. The van der Waals surface area contributed by atoms with Gasteiger partial charge in [0, 0.05) is 63.4 Å². The van der Waals surface area contributed by atoms with Crippen LogP contribution in [-0.2, 0) is 81.0 Å². The van der Waals surface area contributed by atoms with Crippen LogP contribution in [0.15, 0.2) is 102 Å². The number of ketones is 1. The number of esters is 6. The maximum Gasteiger partial charge on any atom is 0.350 e. The van der Waals surface area contributed by atoms with Gasteiger partial charge in [-0.25, -0.2) is 9.59 Å². The molecule has 3 aromatic carbocycles. The van der Waals surface area contributed by atoms with Crippen molar-refractivity contribution < 1.29 is 137 Å². The number of aliphatic hydroxyl groups is 9. The predicted octanol–water partition coefficient (Wildman–Crippen LogP) is -0.990. The Balaban J connectivity index is 1.10. The zero-order valence-electron chi connectivity index (χ0n) is 55.6. The van der Waals surface area contributed by atoms with E-state index < -0.39 is 250 Å². The Morgan fingerprint density at radius 2 is 1.15 bits per heavy atom. The second-order valence-electron chi connectivity index (χ2n) is 26.6. The molecule has 3 aromatic rings. The molecule has 3 amide bonds. The Labute approximate surface area is 573 Å². The lowest BCUT2D eigenvalue weighted by molar-refractivity contribution is -0.346. The van der Waals surface area contributed by atoms with E-state index in [0.717, 1.165) is 13.8 Å². The summed E-state index contributed by atoms with van der Waals surface area (Å²) in [4.78, 5) is 144. The van der Waals surface area contributed by atoms with Gasteiger partial charge in [-0.2, -0.15) is 0 Å². The SMILES string of the molecule is CC(=O)O[C@H]1C(=O)[C@@]2(C)C(C(OC(=O)c3ccccc3)[C@]3(O)C[C@H](OC(=O)[C@H](OC(=O)CCCC(=O)N[C@@H]4O[C@H](CO)[C@@H](O)[C@H](O)[C@H]4O)[C@@H](NC(=O)c4ccccc4)c4ccccc4)C(C)=C1C3(C)C)[C@]1(OC(C)=O)CO[C@@H]1C[C@@H]2OC(=O)CCCC(=O)N[C@@H]1O[C@H](CO)[C@@H](O)[C@H](O)[C@H]1O. The Morgan fingerprint density at radius 3 is 1.65 bits per heavy atom. The molecule has 544 valence electrons. The summed E-state index contributed by atoms with van der Waals surface area (Å²) >= 11 is 0. The van der Waals surface area contributed by atoms with Crippen LogP contribution in [0.25, 0.3) is 0 Å². The average Bonchev–Trinajstić information content (AvgIpc) is 0.668. The second kappa shape index (κ2) is 31.4. The number of fused-ring (bicyclic) bond motifs is 5. The van der Waals surface area contributed by atoms with E-state index in [1.54, 1.807) is 42.5 Å².